The number of aliphatic hydroxyl groups is 1. The zero-order valence-corrected chi connectivity index (χ0v) is 14.5. The third-order valence-corrected chi connectivity index (χ3v) is 4.75. The Morgan fingerprint density at radius 3 is 2.88 bits per heavy atom. The average Bonchev–Trinajstić information content (AvgIpc) is 2.63. The molecule has 5 nitrogen and oxygen atoms in total. The van der Waals surface area contributed by atoms with Crippen molar-refractivity contribution in [1.82, 2.24) is 9.47 Å². The van der Waals surface area contributed by atoms with Crippen molar-refractivity contribution >= 4 is 5.91 Å². The fourth-order valence-electron chi connectivity index (χ4n) is 3.40. The summed E-state index contributed by atoms with van der Waals surface area (Å²) in [6, 6.07) is 11.3. The molecule has 5 heteroatoms. The first-order valence-corrected chi connectivity index (χ1v) is 8.73. The van der Waals surface area contributed by atoms with E-state index in [4.69, 9.17) is 0 Å². The van der Waals surface area contributed by atoms with Crippen LogP contribution < -0.4 is 5.56 Å². The van der Waals surface area contributed by atoms with Gasteiger partial charge in [-0.2, -0.15) is 0 Å². The van der Waals surface area contributed by atoms with Crippen LogP contribution in [0.3, 0.4) is 0 Å². The van der Waals surface area contributed by atoms with E-state index in [1.54, 1.807) is 27.8 Å². The number of aromatic nitrogens is 1. The number of rotatable bonds is 4. The molecule has 1 fully saturated rings. The molecule has 0 aliphatic carbocycles. The second-order valence-electron chi connectivity index (χ2n) is 6.79. The second-order valence-corrected chi connectivity index (χ2v) is 6.79. The van der Waals surface area contributed by atoms with Gasteiger partial charge in [0.1, 0.15) is 5.56 Å². The van der Waals surface area contributed by atoms with Crippen molar-refractivity contribution in [3.63, 3.8) is 0 Å². The van der Waals surface area contributed by atoms with Crippen molar-refractivity contribution in [2.75, 3.05) is 19.7 Å². The first-order chi connectivity index (χ1) is 12.1. The van der Waals surface area contributed by atoms with Gasteiger partial charge in [0.05, 0.1) is 6.54 Å². The van der Waals surface area contributed by atoms with Crippen molar-refractivity contribution in [1.29, 1.82) is 0 Å². The van der Waals surface area contributed by atoms with Gasteiger partial charge in [0.2, 0.25) is 0 Å². The maximum atomic E-state index is 12.8. The number of carbonyl (C=O) groups excluding carboxylic acids is 1. The van der Waals surface area contributed by atoms with Crippen molar-refractivity contribution in [2.45, 2.75) is 26.3 Å². The van der Waals surface area contributed by atoms with Gasteiger partial charge >= 0.3 is 0 Å². The van der Waals surface area contributed by atoms with Crippen LogP contribution in [0.15, 0.2) is 47.4 Å². The summed E-state index contributed by atoms with van der Waals surface area (Å²) >= 11 is 0. The second kappa shape index (κ2) is 7.66. The van der Waals surface area contributed by atoms with Crippen molar-refractivity contribution in [3.8, 4) is 0 Å². The molecule has 2 heterocycles. The van der Waals surface area contributed by atoms with Gasteiger partial charge in [0, 0.05) is 25.9 Å². The Bertz CT molecular complexity index is 813. The van der Waals surface area contributed by atoms with Gasteiger partial charge < -0.3 is 14.6 Å². The fourth-order valence-corrected chi connectivity index (χ4v) is 3.40. The van der Waals surface area contributed by atoms with Gasteiger partial charge in [0.25, 0.3) is 11.5 Å². The van der Waals surface area contributed by atoms with Crippen LogP contribution in [0.1, 0.15) is 34.3 Å². The Morgan fingerprint density at radius 2 is 2.12 bits per heavy atom. The summed E-state index contributed by atoms with van der Waals surface area (Å²) in [5.41, 5.74) is 2.11. The molecule has 1 aliphatic heterocycles. The molecular weight excluding hydrogens is 316 g/mol. The lowest BCUT2D eigenvalue weighted by Gasteiger charge is -2.31. The molecule has 1 aromatic carbocycles. The number of nitrogens with zero attached hydrogens (tertiary/aromatic N) is 2. The predicted molar refractivity (Wildman–Crippen MR) is 96.7 cm³/mol. The van der Waals surface area contributed by atoms with Gasteiger partial charge in [-0.05, 0) is 43.4 Å². The molecule has 0 spiro atoms. The Kier molecular flexibility index (Phi) is 5.34. The monoisotopic (exact) mass is 340 g/mol. The van der Waals surface area contributed by atoms with Crippen LogP contribution in [0.25, 0.3) is 0 Å². The zero-order chi connectivity index (χ0) is 17.8. The molecule has 1 atom stereocenters. The molecular formula is C20H24N2O3. The van der Waals surface area contributed by atoms with Gasteiger partial charge in [-0.15, -0.1) is 0 Å². The van der Waals surface area contributed by atoms with E-state index in [0.29, 0.717) is 19.6 Å². The molecule has 1 amide bonds. The normalized spacial score (nSPS) is 17.5. The van der Waals surface area contributed by atoms with E-state index in [0.717, 1.165) is 24.0 Å². The van der Waals surface area contributed by atoms with E-state index in [9.17, 15) is 14.7 Å². The minimum Gasteiger partial charge on any atom is -0.396 e. The van der Waals surface area contributed by atoms with Crippen molar-refractivity contribution in [2.24, 2.45) is 5.92 Å². The van der Waals surface area contributed by atoms with Crippen LogP contribution in [0.4, 0.5) is 0 Å². The molecule has 1 N–H and O–H groups in total. The maximum absolute atomic E-state index is 12.8. The van der Waals surface area contributed by atoms with Crippen LogP contribution in [0, 0.1) is 12.8 Å². The van der Waals surface area contributed by atoms with Crippen molar-refractivity contribution in [3.05, 3.63) is 69.6 Å². The Labute approximate surface area is 147 Å². The fraction of sp³-hybridized carbons (Fsp3) is 0.400. The zero-order valence-electron chi connectivity index (χ0n) is 14.5. The van der Waals surface area contributed by atoms with Crippen LogP contribution in [0.2, 0.25) is 0 Å². The third kappa shape index (κ3) is 3.99. The molecule has 0 saturated carbocycles. The average molecular weight is 340 g/mol. The number of carbonyl (C=O) groups is 1. The molecule has 1 saturated heterocycles. The van der Waals surface area contributed by atoms with Gasteiger partial charge in [-0.1, -0.05) is 29.8 Å². The first-order valence-electron chi connectivity index (χ1n) is 8.73. The number of hydrogen-bond donors (Lipinski definition) is 1. The van der Waals surface area contributed by atoms with E-state index < -0.39 is 0 Å². The van der Waals surface area contributed by atoms with E-state index >= 15 is 0 Å². The number of aryl methyl sites for hydroxylation is 1. The lowest BCUT2D eigenvalue weighted by atomic mass is 9.98. The van der Waals surface area contributed by atoms with Crippen LogP contribution in [-0.2, 0) is 6.54 Å². The summed E-state index contributed by atoms with van der Waals surface area (Å²) in [6.45, 7) is 3.69. The highest BCUT2D eigenvalue weighted by Gasteiger charge is 2.25. The topological polar surface area (TPSA) is 62.5 Å². The number of aliphatic hydroxyl groups excluding tert-OH is 1. The van der Waals surface area contributed by atoms with E-state index in [1.807, 2.05) is 31.2 Å². The van der Waals surface area contributed by atoms with E-state index in [2.05, 4.69) is 0 Å². The van der Waals surface area contributed by atoms with Gasteiger partial charge in [0.15, 0.2) is 0 Å². The summed E-state index contributed by atoms with van der Waals surface area (Å²) in [6.07, 6.45) is 3.50. The number of benzene rings is 1. The molecule has 0 radical (unpaired) electrons. The Morgan fingerprint density at radius 1 is 1.28 bits per heavy atom. The number of pyridine rings is 1. The predicted octanol–water partition coefficient (Wildman–Crippen LogP) is 2.05. The largest absolute Gasteiger partial charge is 0.396 e. The number of likely N-dealkylation sites (tertiary alicyclic amines) is 1. The Balaban J connectivity index is 1.83. The van der Waals surface area contributed by atoms with E-state index in [1.165, 1.54) is 0 Å². The maximum Gasteiger partial charge on any atom is 0.263 e. The standard InChI is InChI=1S/C20H24N2O3/c1-15-5-2-6-16(11-15)12-21-10-4-8-18(19(21)24)20(25)22-9-3-7-17(13-22)14-23/h2,4-6,8,10-11,17,23H,3,7,9,12-14H2,1H3. The lowest BCUT2D eigenvalue weighted by molar-refractivity contribution is 0.0618. The summed E-state index contributed by atoms with van der Waals surface area (Å²) in [7, 11) is 0. The molecule has 1 aromatic heterocycles. The number of amides is 1. The van der Waals surface area contributed by atoms with Crippen LogP contribution in [0.5, 0.6) is 0 Å². The molecule has 2 aromatic rings. The smallest absolute Gasteiger partial charge is 0.263 e. The molecule has 25 heavy (non-hydrogen) atoms. The summed E-state index contributed by atoms with van der Waals surface area (Å²) in [4.78, 5) is 27.2. The highest BCUT2D eigenvalue weighted by Crippen LogP contribution is 2.17. The summed E-state index contributed by atoms with van der Waals surface area (Å²) in [5.74, 6) is -0.127. The third-order valence-electron chi connectivity index (χ3n) is 4.75. The van der Waals surface area contributed by atoms with Crippen LogP contribution >= 0.6 is 0 Å². The summed E-state index contributed by atoms with van der Waals surface area (Å²) < 4.78 is 1.58. The van der Waals surface area contributed by atoms with E-state index in [-0.39, 0.29) is 29.6 Å². The Hall–Kier alpha value is -2.40. The minimum absolute atomic E-state index is 0.0795. The molecule has 3 rings (SSSR count). The quantitative estimate of drug-likeness (QED) is 0.926. The highest BCUT2D eigenvalue weighted by atomic mass is 16.3. The minimum atomic E-state index is -0.264. The van der Waals surface area contributed by atoms with Crippen LogP contribution in [-0.4, -0.2) is 40.2 Å². The molecule has 0 bridgehead atoms. The SMILES string of the molecule is Cc1cccc(Cn2cccc(C(=O)N3CCCC(CO)C3)c2=O)c1. The molecule has 1 unspecified atom stereocenters. The molecule has 1 aliphatic rings. The molecule has 132 valence electrons. The summed E-state index contributed by atoms with van der Waals surface area (Å²) in [5, 5.41) is 9.34. The number of piperidine rings is 1. The number of hydrogen-bond acceptors (Lipinski definition) is 3. The van der Waals surface area contributed by atoms with Gasteiger partial charge in [-0.25, -0.2) is 0 Å². The first kappa shape index (κ1) is 17.4. The van der Waals surface area contributed by atoms with Gasteiger partial charge in [-0.3, -0.25) is 9.59 Å². The van der Waals surface area contributed by atoms with Crippen molar-refractivity contribution < 1.29 is 9.90 Å². The highest BCUT2D eigenvalue weighted by molar-refractivity contribution is 5.93. The lowest BCUT2D eigenvalue weighted by Crippen LogP contribution is -2.43.